The molecule has 0 saturated heterocycles. The van der Waals surface area contributed by atoms with Gasteiger partial charge in [-0.25, -0.2) is 0 Å². The van der Waals surface area contributed by atoms with Crippen LogP contribution in [0.25, 0.3) is 0 Å². The normalized spacial score (nSPS) is 10.4. The standard InChI is InChI=1S/C14H12N6O2S2/c1-8-17-19-13(23-8)15-11(21)12(22)16-14-20-18-10(24-14)7-9-5-3-2-4-6-9/h2-6H,7H2,1H3,(H,15,19,21)(H,16,20,22). The molecule has 8 nitrogen and oxygen atoms in total. The van der Waals surface area contributed by atoms with E-state index in [2.05, 4.69) is 31.0 Å². The molecule has 0 saturated carbocycles. The van der Waals surface area contributed by atoms with Crippen LogP contribution in [0, 0.1) is 6.92 Å². The number of benzene rings is 1. The van der Waals surface area contributed by atoms with Crippen molar-refractivity contribution in [3.63, 3.8) is 0 Å². The molecular weight excluding hydrogens is 348 g/mol. The molecule has 122 valence electrons. The molecule has 24 heavy (non-hydrogen) atoms. The maximum atomic E-state index is 11.9. The molecule has 1 aromatic carbocycles. The zero-order valence-corrected chi connectivity index (χ0v) is 14.1. The molecule has 10 heteroatoms. The predicted octanol–water partition coefficient (Wildman–Crippen LogP) is 1.87. The van der Waals surface area contributed by atoms with Crippen molar-refractivity contribution in [3.8, 4) is 0 Å². The van der Waals surface area contributed by atoms with E-state index in [4.69, 9.17) is 0 Å². The van der Waals surface area contributed by atoms with Gasteiger partial charge in [0, 0.05) is 6.42 Å². The Morgan fingerprint density at radius 3 is 2.17 bits per heavy atom. The van der Waals surface area contributed by atoms with Gasteiger partial charge in [0.1, 0.15) is 10.0 Å². The second kappa shape index (κ2) is 7.23. The number of hydrogen-bond donors (Lipinski definition) is 2. The van der Waals surface area contributed by atoms with Crippen LogP contribution in [-0.4, -0.2) is 32.2 Å². The summed E-state index contributed by atoms with van der Waals surface area (Å²) in [5, 5.41) is 22.2. The molecule has 0 spiro atoms. The second-order valence-electron chi connectivity index (χ2n) is 4.70. The van der Waals surface area contributed by atoms with E-state index in [1.54, 1.807) is 6.92 Å². The van der Waals surface area contributed by atoms with E-state index < -0.39 is 11.8 Å². The van der Waals surface area contributed by atoms with E-state index >= 15 is 0 Å². The summed E-state index contributed by atoms with van der Waals surface area (Å²) in [5.41, 5.74) is 1.09. The summed E-state index contributed by atoms with van der Waals surface area (Å²) in [6.45, 7) is 1.75. The van der Waals surface area contributed by atoms with Crippen LogP contribution in [0.15, 0.2) is 30.3 Å². The van der Waals surface area contributed by atoms with E-state index in [-0.39, 0.29) is 10.3 Å². The Kier molecular flexibility index (Phi) is 4.87. The molecule has 0 radical (unpaired) electrons. The first kappa shape index (κ1) is 16.1. The predicted molar refractivity (Wildman–Crippen MR) is 91.1 cm³/mol. The average molecular weight is 360 g/mol. The highest BCUT2D eigenvalue weighted by molar-refractivity contribution is 7.16. The minimum atomic E-state index is -0.828. The average Bonchev–Trinajstić information content (AvgIpc) is 3.17. The van der Waals surface area contributed by atoms with E-state index in [1.807, 2.05) is 30.3 Å². The van der Waals surface area contributed by atoms with E-state index in [1.165, 1.54) is 22.7 Å². The molecular formula is C14H12N6O2S2. The van der Waals surface area contributed by atoms with Gasteiger partial charge in [-0.1, -0.05) is 53.0 Å². The van der Waals surface area contributed by atoms with E-state index in [0.717, 1.165) is 10.6 Å². The van der Waals surface area contributed by atoms with Gasteiger partial charge in [0.25, 0.3) is 0 Å². The van der Waals surface area contributed by atoms with Crippen LogP contribution in [0.1, 0.15) is 15.6 Å². The molecule has 2 heterocycles. The van der Waals surface area contributed by atoms with Crippen molar-refractivity contribution < 1.29 is 9.59 Å². The Balaban J connectivity index is 1.57. The summed E-state index contributed by atoms with van der Waals surface area (Å²) in [6, 6.07) is 9.79. The molecule has 2 amide bonds. The van der Waals surface area contributed by atoms with Gasteiger partial charge < -0.3 is 0 Å². The lowest BCUT2D eigenvalue weighted by atomic mass is 10.2. The quantitative estimate of drug-likeness (QED) is 0.687. The van der Waals surface area contributed by atoms with Crippen molar-refractivity contribution in [1.82, 2.24) is 20.4 Å². The number of carbonyl (C=O) groups is 2. The summed E-state index contributed by atoms with van der Waals surface area (Å²) in [5.74, 6) is -1.66. The Morgan fingerprint density at radius 1 is 0.917 bits per heavy atom. The van der Waals surface area contributed by atoms with Gasteiger partial charge in [0.2, 0.25) is 10.3 Å². The van der Waals surface area contributed by atoms with Gasteiger partial charge >= 0.3 is 11.8 Å². The molecule has 2 aromatic heterocycles. The molecule has 0 bridgehead atoms. The number of rotatable bonds is 4. The van der Waals surface area contributed by atoms with Gasteiger partial charge in [-0.05, 0) is 12.5 Å². The van der Waals surface area contributed by atoms with Crippen LogP contribution >= 0.6 is 22.7 Å². The first-order chi connectivity index (χ1) is 11.6. The van der Waals surface area contributed by atoms with Gasteiger partial charge in [-0.15, -0.1) is 20.4 Å². The smallest absolute Gasteiger partial charge is 0.292 e. The van der Waals surface area contributed by atoms with Crippen molar-refractivity contribution in [2.75, 3.05) is 10.6 Å². The number of amides is 2. The minimum absolute atomic E-state index is 0.273. The monoisotopic (exact) mass is 360 g/mol. The highest BCUT2D eigenvalue weighted by atomic mass is 32.1. The Bertz CT molecular complexity index is 861. The fourth-order valence-corrected chi connectivity index (χ4v) is 3.16. The number of carbonyl (C=O) groups excluding carboxylic acids is 2. The topological polar surface area (TPSA) is 110 Å². The van der Waals surface area contributed by atoms with Crippen LogP contribution in [0.2, 0.25) is 0 Å². The molecule has 0 aliphatic heterocycles. The minimum Gasteiger partial charge on any atom is -0.292 e. The number of aryl methyl sites for hydroxylation is 1. The number of nitrogens with zero attached hydrogens (tertiary/aromatic N) is 4. The first-order valence-electron chi connectivity index (χ1n) is 6.89. The molecule has 0 atom stereocenters. The van der Waals surface area contributed by atoms with Crippen molar-refractivity contribution in [2.24, 2.45) is 0 Å². The van der Waals surface area contributed by atoms with Crippen molar-refractivity contribution in [1.29, 1.82) is 0 Å². The highest BCUT2D eigenvalue weighted by Crippen LogP contribution is 2.19. The van der Waals surface area contributed by atoms with E-state index in [0.29, 0.717) is 11.4 Å². The molecule has 3 rings (SSSR count). The number of anilines is 2. The van der Waals surface area contributed by atoms with Crippen LogP contribution in [0.5, 0.6) is 0 Å². The lowest BCUT2D eigenvalue weighted by molar-refractivity contribution is -0.133. The van der Waals surface area contributed by atoms with Crippen LogP contribution in [0.4, 0.5) is 10.3 Å². The van der Waals surface area contributed by atoms with E-state index in [9.17, 15) is 9.59 Å². The van der Waals surface area contributed by atoms with Crippen LogP contribution < -0.4 is 10.6 Å². The van der Waals surface area contributed by atoms with Gasteiger partial charge in [0.15, 0.2) is 0 Å². The van der Waals surface area contributed by atoms with Gasteiger partial charge in [0.05, 0.1) is 0 Å². The van der Waals surface area contributed by atoms with Crippen molar-refractivity contribution >= 4 is 44.8 Å². The summed E-state index contributed by atoms with van der Waals surface area (Å²) >= 11 is 2.41. The van der Waals surface area contributed by atoms with Gasteiger partial charge in [-0.2, -0.15) is 0 Å². The largest absolute Gasteiger partial charge is 0.315 e. The lowest BCUT2D eigenvalue weighted by Crippen LogP contribution is -2.29. The number of aromatic nitrogens is 4. The SMILES string of the molecule is Cc1nnc(NC(=O)C(=O)Nc2nnc(Cc3ccccc3)s2)s1. The third-order valence-corrected chi connectivity index (χ3v) is 4.43. The van der Waals surface area contributed by atoms with Gasteiger partial charge in [-0.3, -0.25) is 20.2 Å². The molecule has 0 aliphatic rings. The van der Waals surface area contributed by atoms with Crippen LogP contribution in [-0.2, 0) is 16.0 Å². The summed E-state index contributed by atoms with van der Waals surface area (Å²) < 4.78 is 0. The second-order valence-corrected chi connectivity index (χ2v) is 6.94. The maximum Gasteiger partial charge on any atom is 0.315 e. The zero-order valence-electron chi connectivity index (χ0n) is 12.5. The summed E-state index contributed by atoms with van der Waals surface area (Å²) in [4.78, 5) is 23.7. The third-order valence-electron chi connectivity index (χ3n) is 2.84. The lowest BCUT2D eigenvalue weighted by Gasteiger charge is -2.00. The summed E-state index contributed by atoms with van der Waals surface area (Å²) in [7, 11) is 0. The molecule has 0 aliphatic carbocycles. The summed E-state index contributed by atoms with van der Waals surface area (Å²) in [6.07, 6.45) is 0.616. The third kappa shape index (κ3) is 4.18. The first-order valence-corrected chi connectivity index (χ1v) is 8.52. The molecule has 0 fully saturated rings. The molecule has 0 unspecified atom stereocenters. The zero-order chi connectivity index (χ0) is 16.9. The van der Waals surface area contributed by atoms with Crippen molar-refractivity contribution in [3.05, 3.63) is 45.9 Å². The molecule has 2 N–H and O–H groups in total. The van der Waals surface area contributed by atoms with Crippen LogP contribution in [0.3, 0.4) is 0 Å². The van der Waals surface area contributed by atoms with Crippen molar-refractivity contribution in [2.45, 2.75) is 13.3 Å². The Morgan fingerprint density at radius 2 is 1.54 bits per heavy atom. The fourth-order valence-electron chi connectivity index (χ4n) is 1.80. The number of nitrogens with one attached hydrogen (secondary N) is 2. The highest BCUT2D eigenvalue weighted by Gasteiger charge is 2.18. The Labute approximate surface area is 145 Å². The Hall–Kier alpha value is -2.72. The maximum absolute atomic E-state index is 11.9. The molecule has 3 aromatic rings. The number of hydrogen-bond acceptors (Lipinski definition) is 8. The fraction of sp³-hybridized carbons (Fsp3) is 0.143.